The summed E-state index contributed by atoms with van der Waals surface area (Å²) >= 11 is 7.69. The molecular formula is C38H32ClN3O5S. The van der Waals surface area contributed by atoms with Crippen LogP contribution in [-0.2, 0) is 9.59 Å². The van der Waals surface area contributed by atoms with Gasteiger partial charge in [-0.05, 0) is 65.7 Å². The molecule has 0 aliphatic heterocycles. The molecule has 0 radical (unpaired) electrons. The van der Waals surface area contributed by atoms with Crippen LogP contribution in [0.2, 0.25) is 5.02 Å². The van der Waals surface area contributed by atoms with Crippen molar-refractivity contribution in [3.63, 3.8) is 0 Å². The predicted octanol–water partition coefficient (Wildman–Crippen LogP) is 8.24. The number of halogens is 1. The van der Waals surface area contributed by atoms with Gasteiger partial charge in [-0.3, -0.25) is 14.4 Å². The first kappa shape index (κ1) is 33.8. The Hall–Kier alpha value is -5.51. The first-order chi connectivity index (χ1) is 23.3. The molecule has 10 heteroatoms. The second kappa shape index (κ2) is 16.4. The zero-order valence-corrected chi connectivity index (χ0v) is 27.7. The fourth-order valence-corrected chi connectivity index (χ4v) is 5.96. The number of anilines is 2. The van der Waals surface area contributed by atoms with Crippen molar-refractivity contribution in [3.8, 4) is 11.5 Å². The minimum absolute atomic E-state index is 0.00351. The molecule has 242 valence electrons. The molecule has 0 saturated heterocycles. The maximum atomic E-state index is 13.8. The maximum absolute atomic E-state index is 13.8. The van der Waals surface area contributed by atoms with Crippen LogP contribution in [0.15, 0.2) is 138 Å². The highest BCUT2D eigenvalue weighted by molar-refractivity contribution is 8.00. The molecule has 5 aromatic carbocycles. The van der Waals surface area contributed by atoms with Crippen molar-refractivity contribution in [1.29, 1.82) is 0 Å². The average molecular weight is 678 g/mol. The Morgan fingerprint density at radius 1 is 0.750 bits per heavy atom. The molecule has 0 aliphatic rings. The first-order valence-corrected chi connectivity index (χ1v) is 16.1. The third-order valence-electron chi connectivity index (χ3n) is 7.08. The van der Waals surface area contributed by atoms with Crippen LogP contribution in [0.25, 0.3) is 6.08 Å². The number of rotatable bonds is 12. The van der Waals surface area contributed by atoms with E-state index in [0.717, 1.165) is 10.5 Å². The van der Waals surface area contributed by atoms with Crippen molar-refractivity contribution in [2.45, 2.75) is 10.1 Å². The molecular weight excluding hydrogens is 646 g/mol. The molecule has 5 rings (SSSR count). The van der Waals surface area contributed by atoms with E-state index >= 15 is 0 Å². The number of methoxy groups -OCH3 is 2. The molecule has 5 aromatic rings. The molecule has 48 heavy (non-hydrogen) atoms. The Morgan fingerprint density at radius 2 is 1.46 bits per heavy atom. The van der Waals surface area contributed by atoms with Crippen molar-refractivity contribution in [2.75, 3.05) is 24.9 Å². The van der Waals surface area contributed by atoms with Crippen LogP contribution in [0.1, 0.15) is 26.7 Å². The summed E-state index contributed by atoms with van der Waals surface area (Å²) in [6.45, 7) is 0. The van der Waals surface area contributed by atoms with Crippen LogP contribution >= 0.6 is 23.4 Å². The number of thioether (sulfide) groups is 1. The summed E-state index contributed by atoms with van der Waals surface area (Å²) in [6, 6.07) is 37.3. The number of hydrogen-bond acceptors (Lipinski definition) is 6. The third kappa shape index (κ3) is 8.85. The summed E-state index contributed by atoms with van der Waals surface area (Å²) < 4.78 is 10.8. The molecule has 0 bridgehead atoms. The van der Waals surface area contributed by atoms with Gasteiger partial charge in [0, 0.05) is 27.2 Å². The fraction of sp³-hybridized carbons (Fsp3) is 0.0789. The molecule has 0 aromatic heterocycles. The van der Waals surface area contributed by atoms with E-state index in [1.165, 1.54) is 24.9 Å². The lowest BCUT2D eigenvalue weighted by atomic mass is 10.1. The largest absolute Gasteiger partial charge is 0.497 e. The number of ether oxygens (including phenoxy) is 2. The highest BCUT2D eigenvalue weighted by Gasteiger charge is 2.24. The van der Waals surface area contributed by atoms with Crippen molar-refractivity contribution >= 4 is 58.5 Å². The standard InChI is InChI=1S/C38H32ClN3O5S/c1-46-29-20-21-34(47-2)32(24-29)41-38(45)35(25-12-5-3-6-13-25)48-30-18-11-17-28(23-30)40-37(44)33(22-27-16-9-10-19-31(27)39)42-36(43)26-14-7-4-8-15-26/h3-24,35H,1-2H3,(H,40,44)(H,41,45)(H,42,43)/b33-22+. The molecule has 0 fully saturated rings. The summed E-state index contributed by atoms with van der Waals surface area (Å²) in [4.78, 5) is 41.2. The van der Waals surface area contributed by atoms with Gasteiger partial charge in [0.1, 0.15) is 22.4 Å². The van der Waals surface area contributed by atoms with E-state index in [-0.39, 0.29) is 11.6 Å². The van der Waals surface area contributed by atoms with E-state index in [9.17, 15) is 14.4 Å². The van der Waals surface area contributed by atoms with Crippen LogP contribution in [0.5, 0.6) is 11.5 Å². The second-order valence-electron chi connectivity index (χ2n) is 10.3. The van der Waals surface area contributed by atoms with Crippen LogP contribution in [0.3, 0.4) is 0 Å². The SMILES string of the molecule is COc1ccc(OC)c(NC(=O)C(Sc2cccc(NC(=O)/C(=C\c3ccccc3Cl)NC(=O)c3ccccc3)c2)c2ccccc2)c1. The Morgan fingerprint density at radius 3 is 2.17 bits per heavy atom. The number of carbonyl (C=O) groups is 3. The quantitative estimate of drug-likeness (QED) is 0.0908. The monoisotopic (exact) mass is 677 g/mol. The van der Waals surface area contributed by atoms with Crippen LogP contribution in [0, 0.1) is 0 Å². The number of hydrogen-bond donors (Lipinski definition) is 3. The van der Waals surface area contributed by atoms with Gasteiger partial charge >= 0.3 is 0 Å². The van der Waals surface area contributed by atoms with Gasteiger partial charge < -0.3 is 25.4 Å². The average Bonchev–Trinajstić information content (AvgIpc) is 3.12. The number of benzene rings is 5. The lowest BCUT2D eigenvalue weighted by molar-refractivity contribution is -0.116. The summed E-state index contributed by atoms with van der Waals surface area (Å²) in [5, 5.41) is 8.35. The number of amides is 3. The van der Waals surface area contributed by atoms with Gasteiger partial charge in [-0.15, -0.1) is 11.8 Å². The highest BCUT2D eigenvalue weighted by atomic mass is 35.5. The van der Waals surface area contributed by atoms with E-state index in [1.54, 1.807) is 98.1 Å². The molecule has 1 atom stereocenters. The Bertz CT molecular complexity index is 1940. The Kier molecular flexibility index (Phi) is 11.5. The minimum Gasteiger partial charge on any atom is -0.497 e. The van der Waals surface area contributed by atoms with E-state index in [2.05, 4.69) is 16.0 Å². The number of carbonyl (C=O) groups excluding carboxylic acids is 3. The van der Waals surface area contributed by atoms with E-state index in [4.69, 9.17) is 21.1 Å². The van der Waals surface area contributed by atoms with Gasteiger partial charge in [0.2, 0.25) is 5.91 Å². The fourth-order valence-electron chi connectivity index (χ4n) is 4.68. The van der Waals surface area contributed by atoms with Crippen LogP contribution in [-0.4, -0.2) is 31.9 Å². The van der Waals surface area contributed by atoms with Gasteiger partial charge in [0.05, 0.1) is 19.9 Å². The Labute approximate surface area is 288 Å². The van der Waals surface area contributed by atoms with Gasteiger partial charge in [-0.25, -0.2) is 0 Å². The molecule has 0 saturated carbocycles. The predicted molar refractivity (Wildman–Crippen MR) is 192 cm³/mol. The third-order valence-corrected chi connectivity index (χ3v) is 8.68. The topological polar surface area (TPSA) is 106 Å². The van der Waals surface area contributed by atoms with Gasteiger partial charge in [0.15, 0.2) is 0 Å². The molecule has 0 heterocycles. The maximum Gasteiger partial charge on any atom is 0.272 e. The van der Waals surface area contributed by atoms with Crippen LogP contribution in [0.4, 0.5) is 11.4 Å². The lowest BCUT2D eigenvalue weighted by Crippen LogP contribution is -2.30. The summed E-state index contributed by atoms with van der Waals surface area (Å²) in [5.74, 6) is -0.214. The van der Waals surface area contributed by atoms with Gasteiger partial charge in [-0.1, -0.05) is 84.4 Å². The summed E-state index contributed by atoms with van der Waals surface area (Å²) in [6.07, 6.45) is 1.53. The zero-order chi connectivity index (χ0) is 33.9. The smallest absolute Gasteiger partial charge is 0.272 e. The molecule has 0 aliphatic carbocycles. The van der Waals surface area contributed by atoms with Gasteiger partial charge in [0.25, 0.3) is 11.8 Å². The zero-order valence-electron chi connectivity index (χ0n) is 26.1. The van der Waals surface area contributed by atoms with E-state index in [0.29, 0.717) is 39.0 Å². The van der Waals surface area contributed by atoms with E-state index in [1.807, 2.05) is 36.4 Å². The van der Waals surface area contributed by atoms with Crippen molar-refractivity contribution < 1.29 is 23.9 Å². The summed E-state index contributed by atoms with van der Waals surface area (Å²) in [5.41, 5.74) is 2.68. The second-order valence-corrected chi connectivity index (χ2v) is 11.9. The number of nitrogens with one attached hydrogen (secondary N) is 3. The highest BCUT2D eigenvalue weighted by Crippen LogP contribution is 2.38. The Balaban J connectivity index is 1.39. The summed E-state index contributed by atoms with van der Waals surface area (Å²) in [7, 11) is 3.08. The molecule has 0 spiro atoms. The van der Waals surface area contributed by atoms with Crippen molar-refractivity contribution in [3.05, 3.63) is 155 Å². The normalized spacial score (nSPS) is 11.6. The van der Waals surface area contributed by atoms with Gasteiger partial charge in [-0.2, -0.15) is 0 Å². The molecule has 3 N–H and O–H groups in total. The van der Waals surface area contributed by atoms with Crippen molar-refractivity contribution in [1.82, 2.24) is 5.32 Å². The van der Waals surface area contributed by atoms with E-state index < -0.39 is 17.1 Å². The van der Waals surface area contributed by atoms with Crippen molar-refractivity contribution in [2.24, 2.45) is 0 Å². The minimum atomic E-state index is -0.658. The molecule has 1 unspecified atom stereocenters. The molecule has 3 amide bonds. The van der Waals surface area contributed by atoms with Crippen LogP contribution < -0.4 is 25.4 Å². The lowest BCUT2D eigenvalue weighted by Gasteiger charge is -2.19. The first-order valence-electron chi connectivity index (χ1n) is 14.8. The molecule has 8 nitrogen and oxygen atoms in total.